The van der Waals surface area contributed by atoms with E-state index in [-0.39, 0.29) is 6.10 Å². The first kappa shape index (κ1) is 17.3. The van der Waals surface area contributed by atoms with Gasteiger partial charge in [-0.15, -0.1) is 0 Å². The molecule has 1 saturated carbocycles. The highest BCUT2D eigenvalue weighted by Crippen LogP contribution is 2.38. The van der Waals surface area contributed by atoms with Gasteiger partial charge in [-0.1, -0.05) is 27.7 Å². The van der Waals surface area contributed by atoms with Gasteiger partial charge in [0.1, 0.15) is 0 Å². The smallest absolute Gasteiger partial charge is 0.0628 e. The summed E-state index contributed by atoms with van der Waals surface area (Å²) in [4.78, 5) is 0. The number of thioether (sulfide) groups is 1. The van der Waals surface area contributed by atoms with Gasteiger partial charge in [-0.05, 0) is 51.0 Å². The number of hydrogen-bond acceptors (Lipinski definition) is 3. The zero-order valence-corrected chi connectivity index (χ0v) is 14.2. The van der Waals surface area contributed by atoms with Gasteiger partial charge in [0.15, 0.2) is 0 Å². The van der Waals surface area contributed by atoms with E-state index < -0.39 is 0 Å². The van der Waals surface area contributed by atoms with Crippen molar-refractivity contribution < 1.29 is 5.11 Å². The Balaban J connectivity index is 2.59. The van der Waals surface area contributed by atoms with Crippen molar-refractivity contribution in [1.82, 2.24) is 5.32 Å². The number of hydrogen-bond donors (Lipinski definition) is 2. The Labute approximate surface area is 124 Å². The summed E-state index contributed by atoms with van der Waals surface area (Å²) < 4.78 is 0. The lowest BCUT2D eigenvalue weighted by Crippen LogP contribution is -2.44. The molecule has 0 spiro atoms. The van der Waals surface area contributed by atoms with Crippen LogP contribution in [0.3, 0.4) is 0 Å². The molecule has 2 N–H and O–H groups in total. The minimum Gasteiger partial charge on any atom is -0.392 e. The summed E-state index contributed by atoms with van der Waals surface area (Å²) in [6.45, 7) is 12.1. The van der Waals surface area contributed by atoms with Crippen LogP contribution in [-0.4, -0.2) is 34.3 Å². The van der Waals surface area contributed by atoms with Crippen molar-refractivity contribution in [2.24, 2.45) is 11.8 Å². The SMILES string of the molecule is CCCNC1CCC(C(C)C)CC1SC(C)C(C)O. The summed E-state index contributed by atoms with van der Waals surface area (Å²) in [7, 11) is 0. The number of rotatable bonds is 7. The molecular weight excluding hydrogens is 254 g/mol. The van der Waals surface area contributed by atoms with Crippen molar-refractivity contribution >= 4 is 11.8 Å². The second kappa shape index (κ2) is 8.53. The lowest BCUT2D eigenvalue weighted by atomic mass is 9.79. The lowest BCUT2D eigenvalue weighted by molar-refractivity contribution is 0.194. The monoisotopic (exact) mass is 287 g/mol. The Kier molecular flexibility index (Phi) is 7.78. The standard InChI is InChI=1S/C16H33NOS/c1-6-9-17-15-8-7-14(11(2)3)10-16(15)19-13(5)12(4)18/h11-18H,6-10H2,1-5H3. The van der Waals surface area contributed by atoms with Crippen LogP contribution in [0.25, 0.3) is 0 Å². The highest BCUT2D eigenvalue weighted by atomic mass is 32.2. The fourth-order valence-electron chi connectivity index (χ4n) is 2.87. The van der Waals surface area contributed by atoms with E-state index in [2.05, 4.69) is 33.0 Å². The van der Waals surface area contributed by atoms with Crippen LogP contribution < -0.4 is 5.32 Å². The van der Waals surface area contributed by atoms with Gasteiger partial charge in [-0.25, -0.2) is 0 Å². The van der Waals surface area contributed by atoms with Gasteiger partial charge in [-0.3, -0.25) is 0 Å². The molecule has 0 aromatic rings. The van der Waals surface area contributed by atoms with Crippen LogP contribution in [0.1, 0.15) is 60.3 Å². The van der Waals surface area contributed by atoms with E-state index in [9.17, 15) is 5.11 Å². The van der Waals surface area contributed by atoms with E-state index in [1.807, 2.05) is 18.7 Å². The minimum absolute atomic E-state index is 0.212. The molecule has 0 heterocycles. The van der Waals surface area contributed by atoms with Crippen molar-refractivity contribution in [1.29, 1.82) is 0 Å². The normalized spacial score (nSPS) is 31.4. The molecule has 0 aromatic heterocycles. The van der Waals surface area contributed by atoms with Gasteiger partial charge in [0, 0.05) is 16.5 Å². The second-order valence-electron chi connectivity index (χ2n) is 6.50. The first-order chi connectivity index (χ1) is 8.95. The Hall–Kier alpha value is 0.270. The average Bonchev–Trinajstić information content (AvgIpc) is 2.36. The molecular formula is C16H33NOS. The summed E-state index contributed by atoms with van der Waals surface area (Å²) in [5, 5.41) is 14.5. The molecule has 0 aromatic carbocycles. The van der Waals surface area contributed by atoms with Gasteiger partial charge in [-0.2, -0.15) is 11.8 Å². The van der Waals surface area contributed by atoms with E-state index in [1.165, 1.54) is 25.7 Å². The summed E-state index contributed by atoms with van der Waals surface area (Å²) in [6, 6.07) is 0.640. The Morgan fingerprint density at radius 1 is 1.21 bits per heavy atom. The van der Waals surface area contributed by atoms with Crippen LogP contribution in [-0.2, 0) is 0 Å². The number of nitrogens with one attached hydrogen (secondary N) is 1. The van der Waals surface area contributed by atoms with Crippen molar-refractivity contribution in [2.45, 2.75) is 82.9 Å². The number of aliphatic hydroxyl groups excluding tert-OH is 1. The Morgan fingerprint density at radius 2 is 1.89 bits per heavy atom. The molecule has 1 fully saturated rings. The molecule has 0 aliphatic heterocycles. The fourth-order valence-corrected chi connectivity index (χ4v) is 4.43. The maximum atomic E-state index is 9.75. The van der Waals surface area contributed by atoms with Crippen LogP contribution in [0, 0.1) is 11.8 Å². The largest absolute Gasteiger partial charge is 0.392 e. The predicted octanol–water partition coefficient (Wildman–Crippen LogP) is 3.68. The van der Waals surface area contributed by atoms with Gasteiger partial charge in [0.05, 0.1) is 6.10 Å². The van der Waals surface area contributed by atoms with Crippen LogP contribution in [0.2, 0.25) is 0 Å². The van der Waals surface area contributed by atoms with Gasteiger partial charge >= 0.3 is 0 Å². The molecule has 5 unspecified atom stereocenters. The third-order valence-corrected chi connectivity index (χ3v) is 6.19. The highest BCUT2D eigenvalue weighted by molar-refractivity contribution is 8.00. The Morgan fingerprint density at radius 3 is 2.42 bits per heavy atom. The van der Waals surface area contributed by atoms with Crippen molar-refractivity contribution in [3.05, 3.63) is 0 Å². The third kappa shape index (κ3) is 5.65. The van der Waals surface area contributed by atoms with Crippen molar-refractivity contribution in [3.63, 3.8) is 0 Å². The van der Waals surface area contributed by atoms with Crippen LogP contribution >= 0.6 is 11.8 Å². The summed E-state index contributed by atoms with van der Waals surface area (Å²) in [6.07, 6.45) is 4.96. The fraction of sp³-hybridized carbons (Fsp3) is 1.00. The minimum atomic E-state index is -0.212. The average molecular weight is 288 g/mol. The molecule has 0 radical (unpaired) electrons. The van der Waals surface area contributed by atoms with E-state index in [0.29, 0.717) is 16.5 Å². The first-order valence-electron chi connectivity index (χ1n) is 8.02. The molecule has 0 amide bonds. The third-order valence-electron chi connectivity index (χ3n) is 4.50. The van der Waals surface area contributed by atoms with Gasteiger partial charge < -0.3 is 10.4 Å². The zero-order chi connectivity index (χ0) is 14.4. The molecule has 2 nitrogen and oxygen atoms in total. The molecule has 1 aliphatic rings. The van der Waals surface area contributed by atoms with Crippen LogP contribution in [0.5, 0.6) is 0 Å². The van der Waals surface area contributed by atoms with E-state index in [1.54, 1.807) is 0 Å². The summed E-state index contributed by atoms with van der Waals surface area (Å²) in [5.41, 5.74) is 0. The van der Waals surface area contributed by atoms with Crippen molar-refractivity contribution in [2.75, 3.05) is 6.54 Å². The Bertz CT molecular complexity index is 243. The molecule has 5 atom stereocenters. The van der Waals surface area contributed by atoms with Crippen LogP contribution in [0.15, 0.2) is 0 Å². The summed E-state index contributed by atoms with van der Waals surface area (Å²) in [5.74, 6) is 1.65. The van der Waals surface area contributed by atoms with Gasteiger partial charge in [0.2, 0.25) is 0 Å². The van der Waals surface area contributed by atoms with E-state index in [4.69, 9.17) is 0 Å². The molecule has 1 aliphatic carbocycles. The zero-order valence-electron chi connectivity index (χ0n) is 13.4. The molecule has 114 valence electrons. The lowest BCUT2D eigenvalue weighted by Gasteiger charge is -2.39. The quantitative estimate of drug-likeness (QED) is 0.749. The summed E-state index contributed by atoms with van der Waals surface area (Å²) >= 11 is 2.00. The topological polar surface area (TPSA) is 32.3 Å². The predicted molar refractivity (Wildman–Crippen MR) is 86.8 cm³/mol. The maximum absolute atomic E-state index is 9.75. The molecule has 0 saturated heterocycles. The van der Waals surface area contributed by atoms with E-state index >= 15 is 0 Å². The maximum Gasteiger partial charge on any atom is 0.0628 e. The van der Waals surface area contributed by atoms with Crippen molar-refractivity contribution in [3.8, 4) is 0 Å². The first-order valence-corrected chi connectivity index (χ1v) is 8.96. The van der Waals surface area contributed by atoms with Gasteiger partial charge in [0.25, 0.3) is 0 Å². The molecule has 1 rings (SSSR count). The molecule has 19 heavy (non-hydrogen) atoms. The molecule has 0 bridgehead atoms. The second-order valence-corrected chi connectivity index (χ2v) is 8.12. The van der Waals surface area contributed by atoms with Crippen LogP contribution in [0.4, 0.5) is 0 Å². The highest BCUT2D eigenvalue weighted by Gasteiger charge is 2.33. The number of aliphatic hydroxyl groups is 1. The molecule has 3 heteroatoms. The van der Waals surface area contributed by atoms with E-state index in [0.717, 1.165) is 18.4 Å².